The van der Waals surface area contributed by atoms with Gasteiger partial charge in [0.25, 0.3) is 0 Å². The van der Waals surface area contributed by atoms with Crippen molar-refractivity contribution in [3.8, 4) is 0 Å². The summed E-state index contributed by atoms with van der Waals surface area (Å²) >= 11 is 0. The second kappa shape index (κ2) is 14.1. The molecule has 4 rings (SSSR count). The van der Waals surface area contributed by atoms with Crippen molar-refractivity contribution >= 4 is 11.6 Å². The van der Waals surface area contributed by atoms with E-state index in [0.717, 1.165) is 68.1 Å². The van der Waals surface area contributed by atoms with E-state index < -0.39 is 5.92 Å². The van der Waals surface area contributed by atoms with Gasteiger partial charge in [-0.1, -0.05) is 84.8 Å². The van der Waals surface area contributed by atoms with Gasteiger partial charge in [0, 0.05) is 5.69 Å². The highest BCUT2D eigenvalue weighted by Gasteiger charge is 2.29. The van der Waals surface area contributed by atoms with Crippen LogP contribution in [0.2, 0.25) is 0 Å². The monoisotopic (exact) mass is 536 g/mol. The normalized spacial score (nSPS) is 13.9. The third kappa shape index (κ3) is 7.95. The first-order valence-electron chi connectivity index (χ1n) is 14.6. The second-order valence-corrected chi connectivity index (χ2v) is 11.2. The lowest BCUT2D eigenvalue weighted by Crippen LogP contribution is -2.41. The number of nitrogens with one attached hydrogen (secondary N) is 1. The third-order valence-corrected chi connectivity index (χ3v) is 8.03. The van der Waals surface area contributed by atoms with Gasteiger partial charge in [0.15, 0.2) is 0 Å². The molecule has 1 aliphatic rings. The first kappa shape index (κ1) is 29.4. The summed E-state index contributed by atoms with van der Waals surface area (Å²) in [5.74, 6) is -0.805. The lowest BCUT2D eigenvalue weighted by molar-refractivity contribution is -0.123. The van der Waals surface area contributed by atoms with Gasteiger partial charge in [0.1, 0.15) is 0 Å². The fourth-order valence-electron chi connectivity index (χ4n) is 5.53. The predicted molar refractivity (Wildman–Crippen MR) is 166 cm³/mol. The zero-order chi connectivity index (χ0) is 28.5. The average molecular weight is 537 g/mol. The molecule has 1 amide bonds. The maximum absolute atomic E-state index is 13.8. The number of aryl methyl sites for hydroxylation is 3. The molecule has 4 heteroatoms. The maximum Gasteiger partial charge on any atom is 0.230 e. The SMILES string of the molecule is C=C(C)CCc1cc(C(CO)C(=O)NC(Cc2ccccc2)C(CCc2ccccc2CC)=C2CC2)ccc1N. The molecule has 0 saturated heterocycles. The Bertz CT molecular complexity index is 1340. The molecule has 0 radical (unpaired) electrons. The van der Waals surface area contributed by atoms with Gasteiger partial charge in [-0.3, -0.25) is 4.79 Å². The van der Waals surface area contributed by atoms with Crippen LogP contribution in [0.25, 0.3) is 0 Å². The van der Waals surface area contributed by atoms with Crippen LogP contribution in [0.4, 0.5) is 5.69 Å². The van der Waals surface area contributed by atoms with E-state index in [1.165, 1.54) is 27.8 Å². The quantitative estimate of drug-likeness (QED) is 0.156. The average Bonchev–Trinajstić information content (AvgIpc) is 3.79. The highest BCUT2D eigenvalue weighted by Crippen LogP contribution is 2.36. The molecule has 0 aromatic heterocycles. The first-order chi connectivity index (χ1) is 19.4. The Morgan fingerprint density at radius 3 is 2.27 bits per heavy atom. The fraction of sp³-hybridized carbons (Fsp3) is 0.361. The zero-order valence-corrected chi connectivity index (χ0v) is 24.1. The summed E-state index contributed by atoms with van der Waals surface area (Å²) in [4.78, 5) is 13.8. The summed E-state index contributed by atoms with van der Waals surface area (Å²) in [5, 5.41) is 13.8. The number of nitrogen functional groups attached to an aromatic ring is 1. The van der Waals surface area contributed by atoms with Crippen LogP contribution in [0, 0.1) is 0 Å². The minimum absolute atomic E-state index is 0.119. The number of carbonyl (C=O) groups excluding carboxylic acids is 1. The molecule has 0 spiro atoms. The molecule has 2 unspecified atom stereocenters. The Balaban J connectivity index is 1.58. The summed E-state index contributed by atoms with van der Waals surface area (Å²) in [6, 6.07) is 24.6. The first-order valence-corrected chi connectivity index (χ1v) is 14.6. The van der Waals surface area contributed by atoms with Crippen molar-refractivity contribution < 1.29 is 9.90 Å². The molecule has 3 aromatic rings. The lowest BCUT2D eigenvalue weighted by Gasteiger charge is -2.26. The molecule has 0 heterocycles. The standard InChI is InChI=1S/C36H44N2O2/c1-4-27-12-8-9-13-28(27)18-20-32(29-16-17-29)35(22-26-10-6-5-7-11-26)38-36(40)33(24-39)30-19-21-34(37)31(23-30)15-14-25(2)3/h5-13,19,21,23,33,35,39H,2,4,14-18,20,22,24,37H2,1,3H3,(H,38,40). The number of nitrogens with two attached hydrogens (primary N) is 1. The van der Waals surface area contributed by atoms with Gasteiger partial charge in [0.05, 0.1) is 18.6 Å². The van der Waals surface area contributed by atoms with Crippen molar-refractivity contribution in [2.75, 3.05) is 12.3 Å². The number of carbonyl (C=O) groups is 1. The van der Waals surface area contributed by atoms with Crippen LogP contribution in [0.3, 0.4) is 0 Å². The number of aliphatic hydroxyl groups excluding tert-OH is 1. The van der Waals surface area contributed by atoms with Gasteiger partial charge in [-0.25, -0.2) is 0 Å². The predicted octanol–water partition coefficient (Wildman–Crippen LogP) is 6.87. The Labute approximate surface area is 240 Å². The molecular formula is C36H44N2O2. The molecule has 2 atom stereocenters. The smallest absolute Gasteiger partial charge is 0.230 e. The largest absolute Gasteiger partial charge is 0.399 e. The summed E-state index contributed by atoms with van der Waals surface area (Å²) in [5.41, 5.74) is 16.6. The number of rotatable bonds is 14. The van der Waals surface area contributed by atoms with Crippen LogP contribution < -0.4 is 11.1 Å². The van der Waals surface area contributed by atoms with E-state index in [1.54, 1.807) is 0 Å². The van der Waals surface area contributed by atoms with Crippen molar-refractivity contribution in [2.24, 2.45) is 0 Å². The number of amides is 1. The highest BCUT2D eigenvalue weighted by atomic mass is 16.3. The zero-order valence-electron chi connectivity index (χ0n) is 24.1. The molecule has 210 valence electrons. The van der Waals surface area contributed by atoms with Gasteiger partial charge in [-0.05, 0) is 97.7 Å². The molecule has 1 saturated carbocycles. The molecule has 0 aliphatic heterocycles. The number of hydrogen-bond donors (Lipinski definition) is 3. The van der Waals surface area contributed by atoms with E-state index in [2.05, 4.69) is 55.2 Å². The van der Waals surface area contributed by atoms with Crippen molar-refractivity contribution in [2.45, 2.75) is 77.2 Å². The molecule has 0 bridgehead atoms. The number of hydrogen-bond acceptors (Lipinski definition) is 3. The van der Waals surface area contributed by atoms with E-state index in [1.807, 2.05) is 43.3 Å². The Hall–Kier alpha value is -3.63. The summed E-state index contributed by atoms with van der Waals surface area (Å²) in [6.45, 7) is 7.94. The van der Waals surface area contributed by atoms with Crippen molar-refractivity contribution in [3.05, 3.63) is 124 Å². The van der Waals surface area contributed by atoms with Crippen LogP contribution in [-0.4, -0.2) is 23.7 Å². The molecule has 1 aliphatic carbocycles. The van der Waals surface area contributed by atoms with Crippen LogP contribution in [0.1, 0.15) is 73.3 Å². The molecule has 4 N–H and O–H groups in total. The molecule has 40 heavy (non-hydrogen) atoms. The molecular weight excluding hydrogens is 492 g/mol. The summed E-state index contributed by atoms with van der Waals surface area (Å²) < 4.78 is 0. The molecule has 3 aromatic carbocycles. The second-order valence-electron chi connectivity index (χ2n) is 11.2. The maximum atomic E-state index is 13.8. The molecule has 4 nitrogen and oxygen atoms in total. The van der Waals surface area contributed by atoms with Crippen LogP contribution in [-0.2, 0) is 30.5 Å². The highest BCUT2D eigenvalue weighted by molar-refractivity contribution is 5.84. The van der Waals surface area contributed by atoms with Crippen molar-refractivity contribution in [3.63, 3.8) is 0 Å². The third-order valence-electron chi connectivity index (χ3n) is 8.03. The van der Waals surface area contributed by atoms with E-state index in [4.69, 9.17) is 5.73 Å². The van der Waals surface area contributed by atoms with Gasteiger partial charge in [-0.2, -0.15) is 0 Å². The minimum atomic E-state index is -0.659. The van der Waals surface area contributed by atoms with Gasteiger partial charge in [-0.15, -0.1) is 6.58 Å². The number of aliphatic hydroxyl groups is 1. The number of anilines is 1. The van der Waals surface area contributed by atoms with Gasteiger partial charge in [0.2, 0.25) is 5.91 Å². The minimum Gasteiger partial charge on any atom is -0.399 e. The Kier molecular flexibility index (Phi) is 10.4. The van der Waals surface area contributed by atoms with Crippen LogP contribution in [0.15, 0.2) is 96.1 Å². The van der Waals surface area contributed by atoms with E-state index in [9.17, 15) is 9.90 Å². The Morgan fingerprint density at radius 2 is 1.62 bits per heavy atom. The van der Waals surface area contributed by atoms with Crippen molar-refractivity contribution in [1.82, 2.24) is 5.32 Å². The topological polar surface area (TPSA) is 75.3 Å². The van der Waals surface area contributed by atoms with Gasteiger partial charge < -0.3 is 16.2 Å². The van der Waals surface area contributed by atoms with Gasteiger partial charge >= 0.3 is 0 Å². The van der Waals surface area contributed by atoms with E-state index in [0.29, 0.717) is 5.69 Å². The summed E-state index contributed by atoms with van der Waals surface area (Å²) in [7, 11) is 0. The Morgan fingerprint density at radius 1 is 0.950 bits per heavy atom. The van der Waals surface area contributed by atoms with Crippen molar-refractivity contribution in [1.29, 1.82) is 0 Å². The van der Waals surface area contributed by atoms with Crippen LogP contribution in [0.5, 0.6) is 0 Å². The number of allylic oxidation sites excluding steroid dienone is 2. The number of benzene rings is 3. The van der Waals surface area contributed by atoms with E-state index >= 15 is 0 Å². The lowest BCUT2D eigenvalue weighted by atomic mass is 9.90. The fourth-order valence-corrected chi connectivity index (χ4v) is 5.53. The van der Waals surface area contributed by atoms with E-state index in [-0.39, 0.29) is 18.6 Å². The van der Waals surface area contributed by atoms with Crippen LogP contribution >= 0.6 is 0 Å². The summed E-state index contributed by atoms with van der Waals surface area (Å²) in [6.07, 6.45) is 7.41. The molecule has 1 fully saturated rings.